The van der Waals surface area contributed by atoms with Crippen LogP contribution in [0.5, 0.6) is 17.4 Å². The minimum Gasteiger partial charge on any atom is -0.480 e. The van der Waals surface area contributed by atoms with Crippen LogP contribution < -0.4 is 9.47 Å². The van der Waals surface area contributed by atoms with Crippen molar-refractivity contribution in [1.29, 1.82) is 0 Å². The third kappa shape index (κ3) is 4.08. The molecule has 0 bridgehead atoms. The van der Waals surface area contributed by atoms with Gasteiger partial charge in [-0.05, 0) is 18.2 Å². The second kappa shape index (κ2) is 6.29. The molecule has 0 N–H and O–H groups in total. The van der Waals surface area contributed by atoms with Crippen LogP contribution in [0.1, 0.15) is 0 Å². The molecule has 22 heavy (non-hydrogen) atoms. The average molecular weight is 314 g/mol. The summed E-state index contributed by atoms with van der Waals surface area (Å²) in [4.78, 5) is 13.9. The summed E-state index contributed by atoms with van der Waals surface area (Å²) in [5.41, 5.74) is -0.409. The molecule has 1 heterocycles. The van der Waals surface area contributed by atoms with Crippen molar-refractivity contribution >= 4 is 5.69 Å². The molecule has 2 rings (SSSR count). The summed E-state index contributed by atoms with van der Waals surface area (Å²) in [6, 6.07) is 8.04. The van der Waals surface area contributed by atoms with Crippen molar-refractivity contribution in [2.45, 2.75) is 6.18 Å². The lowest BCUT2D eigenvalue weighted by molar-refractivity contribution is -0.386. The van der Waals surface area contributed by atoms with E-state index in [-0.39, 0.29) is 17.4 Å². The summed E-state index contributed by atoms with van der Waals surface area (Å²) in [5, 5.41) is 10.9. The number of benzene rings is 1. The number of rotatable bonds is 5. The molecular weight excluding hydrogens is 305 g/mol. The summed E-state index contributed by atoms with van der Waals surface area (Å²) in [6.45, 7) is -1.50. The second-order valence-corrected chi connectivity index (χ2v) is 4.04. The highest BCUT2D eigenvalue weighted by molar-refractivity contribution is 5.47. The van der Waals surface area contributed by atoms with Gasteiger partial charge in [0.1, 0.15) is 0 Å². The van der Waals surface area contributed by atoms with E-state index in [1.54, 1.807) is 0 Å². The Morgan fingerprint density at radius 3 is 2.45 bits per heavy atom. The van der Waals surface area contributed by atoms with Crippen LogP contribution in [0.15, 0.2) is 42.6 Å². The molecule has 0 unspecified atom stereocenters. The van der Waals surface area contributed by atoms with Crippen LogP contribution in [0.2, 0.25) is 0 Å². The van der Waals surface area contributed by atoms with Gasteiger partial charge in [0.25, 0.3) is 5.88 Å². The number of halogens is 3. The number of ether oxygens (including phenoxy) is 2. The van der Waals surface area contributed by atoms with Gasteiger partial charge in [0.15, 0.2) is 18.1 Å². The lowest BCUT2D eigenvalue weighted by Gasteiger charge is -2.13. The Morgan fingerprint density at radius 2 is 1.82 bits per heavy atom. The molecule has 0 spiro atoms. The number of aromatic nitrogens is 1. The van der Waals surface area contributed by atoms with Crippen LogP contribution in [-0.4, -0.2) is 22.7 Å². The SMILES string of the molecule is O=[N+]([O-])c1cccnc1Oc1ccccc1OCC(F)(F)F. The fourth-order valence-corrected chi connectivity index (χ4v) is 1.52. The number of para-hydroxylation sites is 2. The van der Waals surface area contributed by atoms with Gasteiger partial charge in [-0.3, -0.25) is 10.1 Å². The summed E-state index contributed by atoms with van der Waals surface area (Å²) < 4.78 is 46.5. The van der Waals surface area contributed by atoms with Gasteiger partial charge in [0.2, 0.25) is 0 Å². The maximum Gasteiger partial charge on any atom is 0.422 e. The molecule has 0 saturated carbocycles. The Balaban J connectivity index is 2.25. The highest BCUT2D eigenvalue weighted by Gasteiger charge is 2.29. The Labute approximate surface area is 122 Å². The van der Waals surface area contributed by atoms with E-state index in [0.717, 1.165) is 0 Å². The van der Waals surface area contributed by atoms with Gasteiger partial charge < -0.3 is 9.47 Å². The first kappa shape index (κ1) is 15.5. The Hall–Kier alpha value is -2.84. The molecule has 1 aromatic carbocycles. The van der Waals surface area contributed by atoms with Gasteiger partial charge in [0.05, 0.1) is 4.92 Å². The summed E-state index contributed by atoms with van der Waals surface area (Å²) >= 11 is 0. The Bertz CT molecular complexity index is 676. The molecule has 2 aromatic rings. The number of hydrogen-bond donors (Lipinski definition) is 0. The maximum absolute atomic E-state index is 12.2. The zero-order valence-corrected chi connectivity index (χ0v) is 10.9. The third-order valence-corrected chi connectivity index (χ3v) is 2.39. The largest absolute Gasteiger partial charge is 0.480 e. The van der Waals surface area contributed by atoms with Gasteiger partial charge >= 0.3 is 11.9 Å². The van der Waals surface area contributed by atoms with Crippen molar-refractivity contribution in [2.24, 2.45) is 0 Å². The quantitative estimate of drug-likeness (QED) is 0.621. The molecule has 9 heteroatoms. The molecule has 0 amide bonds. The molecule has 116 valence electrons. The predicted molar refractivity (Wildman–Crippen MR) is 69.0 cm³/mol. The first-order valence-corrected chi connectivity index (χ1v) is 5.92. The van der Waals surface area contributed by atoms with Crippen LogP contribution in [0.25, 0.3) is 0 Å². The van der Waals surface area contributed by atoms with Crippen molar-refractivity contribution < 1.29 is 27.6 Å². The van der Waals surface area contributed by atoms with Crippen LogP contribution in [0, 0.1) is 10.1 Å². The normalized spacial score (nSPS) is 11.0. The van der Waals surface area contributed by atoms with Gasteiger partial charge in [0, 0.05) is 12.3 Å². The van der Waals surface area contributed by atoms with E-state index in [1.165, 1.54) is 42.6 Å². The molecule has 0 aliphatic rings. The fraction of sp³-hybridized carbons (Fsp3) is 0.154. The van der Waals surface area contributed by atoms with E-state index >= 15 is 0 Å². The second-order valence-electron chi connectivity index (χ2n) is 4.04. The fourth-order valence-electron chi connectivity index (χ4n) is 1.52. The van der Waals surface area contributed by atoms with Crippen molar-refractivity contribution in [3.8, 4) is 17.4 Å². The van der Waals surface area contributed by atoms with Crippen LogP contribution in [-0.2, 0) is 0 Å². The van der Waals surface area contributed by atoms with E-state index in [2.05, 4.69) is 9.72 Å². The summed E-state index contributed by atoms with van der Waals surface area (Å²) in [6.07, 6.45) is -3.24. The maximum atomic E-state index is 12.2. The van der Waals surface area contributed by atoms with Gasteiger partial charge in [-0.25, -0.2) is 4.98 Å². The highest BCUT2D eigenvalue weighted by Crippen LogP contribution is 2.35. The molecule has 0 saturated heterocycles. The highest BCUT2D eigenvalue weighted by atomic mass is 19.4. The number of alkyl halides is 3. The minimum absolute atomic E-state index is 0.103. The molecule has 0 aliphatic heterocycles. The lowest BCUT2D eigenvalue weighted by atomic mass is 10.3. The monoisotopic (exact) mass is 314 g/mol. The molecule has 0 aliphatic carbocycles. The summed E-state index contributed by atoms with van der Waals surface area (Å²) in [7, 11) is 0. The molecule has 6 nitrogen and oxygen atoms in total. The first-order valence-electron chi connectivity index (χ1n) is 5.92. The molecule has 0 atom stereocenters. The van der Waals surface area contributed by atoms with Crippen LogP contribution in [0.3, 0.4) is 0 Å². The smallest absolute Gasteiger partial charge is 0.422 e. The Kier molecular flexibility index (Phi) is 4.44. The molecule has 0 fully saturated rings. The van der Waals surface area contributed by atoms with Crippen molar-refractivity contribution in [1.82, 2.24) is 4.98 Å². The molecule has 0 radical (unpaired) electrons. The third-order valence-electron chi connectivity index (χ3n) is 2.39. The van der Waals surface area contributed by atoms with Crippen LogP contribution >= 0.6 is 0 Å². The van der Waals surface area contributed by atoms with Gasteiger partial charge in [-0.2, -0.15) is 13.2 Å². The predicted octanol–water partition coefficient (Wildman–Crippen LogP) is 3.72. The van der Waals surface area contributed by atoms with E-state index in [1.807, 2.05) is 0 Å². The number of pyridine rings is 1. The number of nitro groups is 1. The molecular formula is C13H9F3N2O4. The minimum atomic E-state index is -4.51. The lowest BCUT2D eigenvalue weighted by Crippen LogP contribution is -2.19. The Morgan fingerprint density at radius 1 is 1.14 bits per heavy atom. The van der Waals surface area contributed by atoms with E-state index in [0.29, 0.717) is 0 Å². The van der Waals surface area contributed by atoms with E-state index in [4.69, 9.17) is 4.74 Å². The van der Waals surface area contributed by atoms with Crippen molar-refractivity contribution in [3.63, 3.8) is 0 Å². The van der Waals surface area contributed by atoms with Crippen LogP contribution in [0.4, 0.5) is 18.9 Å². The van der Waals surface area contributed by atoms with Crippen molar-refractivity contribution in [2.75, 3.05) is 6.61 Å². The van der Waals surface area contributed by atoms with E-state index < -0.39 is 23.4 Å². The zero-order valence-electron chi connectivity index (χ0n) is 10.9. The van der Waals surface area contributed by atoms with E-state index in [9.17, 15) is 23.3 Å². The average Bonchev–Trinajstić information content (AvgIpc) is 2.46. The number of nitrogens with zero attached hydrogens (tertiary/aromatic N) is 2. The molecule has 1 aromatic heterocycles. The van der Waals surface area contributed by atoms with Crippen molar-refractivity contribution in [3.05, 3.63) is 52.7 Å². The first-order chi connectivity index (χ1) is 10.4. The zero-order chi connectivity index (χ0) is 16.2. The standard InChI is InChI=1S/C13H9F3N2O4/c14-13(15,16)8-21-10-5-1-2-6-11(10)22-12-9(18(19)20)4-3-7-17-12/h1-7H,8H2. The van der Waals surface area contributed by atoms with Gasteiger partial charge in [-0.15, -0.1) is 0 Å². The number of hydrogen-bond acceptors (Lipinski definition) is 5. The summed E-state index contributed by atoms with van der Waals surface area (Å²) in [5.74, 6) is -0.635. The topological polar surface area (TPSA) is 74.5 Å². The van der Waals surface area contributed by atoms with Gasteiger partial charge in [-0.1, -0.05) is 12.1 Å².